The Morgan fingerprint density at radius 2 is 1.80 bits per heavy atom. The summed E-state index contributed by atoms with van der Waals surface area (Å²) >= 11 is 1.19. The first-order chi connectivity index (χ1) is 14.4. The zero-order valence-electron chi connectivity index (χ0n) is 17.0. The van der Waals surface area contributed by atoms with Crippen LogP contribution in [0.3, 0.4) is 0 Å². The van der Waals surface area contributed by atoms with Gasteiger partial charge in [0.2, 0.25) is 5.89 Å². The molecule has 3 aromatic rings. The van der Waals surface area contributed by atoms with E-state index < -0.39 is 10.0 Å². The average molecular weight is 445 g/mol. The van der Waals surface area contributed by atoms with Crippen LogP contribution in [-0.4, -0.2) is 49.1 Å². The van der Waals surface area contributed by atoms with Gasteiger partial charge in [0.1, 0.15) is 4.21 Å². The Morgan fingerprint density at radius 1 is 1.03 bits per heavy atom. The summed E-state index contributed by atoms with van der Waals surface area (Å²) in [5.41, 5.74) is 3.69. The first kappa shape index (κ1) is 19.7. The second kappa shape index (κ2) is 7.47. The molecule has 1 aromatic carbocycles. The molecule has 0 atom stereocenters. The van der Waals surface area contributed by atoms with Gasteiger partial charge in [-0.2, -0.15) is 4.31 Å². The number of thiophene rings is 1. The predicted octanol–water partition coefficient (Wildman–Crippen LogP) is 3.80. The topological polar surface area (TPSA) is 79.5 Å². The number of hydrogen-bond acceptors (Lipinski definition) is 7. The van der Waals surface area contributed by atoms with Gasteiger partial charge >= 0.3 is 0 Å². The van der Waals surface area contributed by atoms with Crippen LogP contribution in [-0.2, 0) is 10.0 Å². The zero-order valence-corrected chi connectivity index (χ0v) is 18.7. The summed E-state index contributed by atoms with van der Waals surface area (Å²) in [6.07, 6.45) is 2.17. The molecule has 0 unspecified atom stereocenters. The number of hydrogen-bond donors (Lipinski definition) is 0. The molecule has 0 spiro atoms. The van der Waals surface area contributed by atoms with Crippen LogP contribution in [0.15, 0.2) is 39.0 Å². The summed E-state index contributed by atoms with van der Waals surface area (Å²) in [7, 11) is -3.53. The molecular weight excluding hydrogens is 420 g/mol. The molecule has 1 aliphatic heterocycles. The van der Waals surface area contributed by atoms with Crippen LogP contribution in [0.1, 0.15) is 35.8 Å². The molecule has 9 heteroatoms. The molecule has 1 aliphatic carbocycles. The van der Waals surface area contributed by atoms with Crippen LogP contribution in [0, 0.1) is 13.8 Å². The van der Waals surface area contributed by atoms with E-state index in [0.29, 0.717) is 53.0 Å². The van der Waals surface area contributed by atoms with Gasteiger partial charge in [0.25, 0.3) is 15.9 Å². The number of aryl methyl sites for hydroxylation is 1. The predicted molar refractivity (Wildman–Crippen MR) is 116 cm³/mol. The second-order valence-corrected chi connectivity index (χ2v) is 11.2. The van der Waals surface area contributed by atoms with Crippen molar-refractivity contribution >= 4 is 27.0 Å². The molecule has 30 heavy (non-hydrogen) atoms. The minimum atomic E-state index is -3.53. The van der Waals surface area contributed by atoms with E-state index in [1.807, 2.05) is 0 Å². The number of sulfonamides is 1. The Bertz CT molecular complexity index is 1170. The lowest BCUT2D eigenvalue weighted by molar-refractivity contribution is 0.385. The lowest BCUT2D eigenvalue weighted by atomic mass is 10.1. The third-order valence-electron chi connectivity index (χ3n) is 5.91. The van der Waals surface area contributed by atoms with E-state index in [9.17, 15) is 8.42 Å². The molecule has 158 valence electrons. The van der Waals surface area contributed by atoms with Crippen molar-refractivity contribution in [2.24, 2.45) is 0 Å². The average Bonchev–Trinajstić information content (AvgIpc) is 3.26. The molecular formula is C21H24N4O3S2. The first-order valence-electron chi connectivity index (χ1n) is 10.2. The molecule has 0 N–H and O–H groups in total. The fraction of sp³-hybridized carbons (Fsp3) is 0.429. The van der Waals surface area contributed by atoms with E-state index in [2.05, 4.69) is 47.1 Å². The van der Waals surface area contributed by atoms with Gasteiger partial charge in [0.05, 0.1) is 4.88 Å². The van der Waals surface area contributed by atoms with Crippen molar-refractivity contribution in [3.8, 4) is 10.8 Å². The summed E-state index contributed by atoms with van der Waals surface area (Å²) < 4.78 is 34.0. The summed E-state index contributed by atoms with van der Waals surface area (Å²) in [6.45, 7) is 6.51. The third-order valence-corrected chi connectivity index (χ3v) is 9.35. The fourth-order valence-electron chi connectivity index (χ4n) is 3.78. The van der Waals surface area contributed by atoms with Crippen LogP contribution in [0.2, 0.25) is 0 Å². The second-order valence-electron chi connectivity index (χ2n) is 7.95. The molecule has 0 amide bonds. The maximum atomic E-state index is 13.2. The molecule has 0 bridgehead atoms. The van der Waals surface area contributed by atoms with Gasteiger partial charge in [-0.25, -0.2) is 8.42 Å². The van der Waals surface area contributed by atoms with Crippen molar-refractivity contribution < 1.29 is 12.8 Å². The van der Waals surface area contributed by atoms with Crippen molar-refractivity contribution in [1.82, 2.24) is 14.5 Å². The highest BCUT2D eigenvalue weighted by atomic mass is 32.2. The Morgan fingerprint density at radius 3 is 2.53 bits per heavy atom. The highest BCUT2D eigenvalue weighted by molar-refractivity contribution is 7.91. The highest BCUT2D eigenvalue weighted by Gasteiger charge is 2.32. The molecule has 3 heterocycles. The lowest BCUT2D eigenvalue weighted by Crippen LogP contribution is -2.48. The number of anilines is 1. The van der Waals surface area contributed by atoms with Crippen LogP contribution in [0.25, 0.3) is 10.8 Å². The van der Waals surface area contributed by atoms with Crippen molar-refractivity contribution in [2.75, 3.05) is 31.1 Å². The SMILES string of the molecule is Cc1cccc(N2CCN(S(=O)(=O)c3ccc(-c4nnc(C5CC5)o4)s3)CC2)c1C. The van der Waals surface area contributed by atoms with E-state index in [1.54, 1.807) is 16.4 Å². The molecule has 0 radical (unpaired) electrons. The van der Waals surface area contributed by atoms with Gasteiger partial charge in [0, 0.05) is 37.8 Å². The highest BCUT2D eigenvalue weighted by Crippen LogP contribution is 2.41. The van der Waals surface area contributed by atoms with Crippen molar-refractivity contribution in [3.63, 3.8) is 0 Å². The molecule has 1 saturated carbocycles. The third kappa shape index (κ3) is 3.55. The van der Waals surface area contributed by atoms with Gasteiger partial charge in [0.15, 0.2) is 0 Å². The monoisotopic (exact) mass is 444 g/mol. The van der Waals surface area contributed by atoms with Crippen molar-refractivity contribution in [2.45, 2.75) is 36.8 Å². The number of benzene rings is 1. The quantitative estimate of drug-likeness (QED) is 0.596. The van der Waals surface area contributed by atoms with E-state index >= 15 is 0 Å². The Hall–Kier alpha value is -2.23. The number of nitrogens with zero attached hydrogens (tertiary/aromatic N) is 4. The summed E-state index contributed by atoms with van der Waals surface area (Å²) in [5, 5.41) is 8.18. The maximum absolute atomic E-state index is 13.2. The van der Waals surface area contributed by atoms with Crippen LogP contribution >= 0.6 is 11.3 Å². The molecule has 1 saturated heterocycles. The summed E-state index contributed by atoms with van der Waals surface area (Å²) in [6, 6.07) is 9.67. The van der Waals surface area contributed by atoms with Crippen molar-refractivity contribution in [3.05, 3.63) is 47.3 Å². The zero-order chi connectivity index (χ0) is 20.9. The molecule has 7 nitrogen and oxygen atoms in total. The Labute approximate surface area is 180 Å². The summed E-state index contributed by atoms with van der Waals surface area (Å²) in [4.78, 5) is 2.97. The number of aromatic nitrogens is 2. The number of rotatable bonds is 5. The molecule has 2 fully saturated rings. The van der Waals surface area contributed by atoms with E-state index in [-0.39, 0.29) is 0 Å². The fourth-order valence-corrected chi connectivity index (χ4v) is 6.58. The normalized spacial score (nSPS) is 18.1. The van der Waals surface area contributed by atoms with E-state index in [1.165, 1.54) is 28.2 Å². The van der Waals surface area contributed by atoms with Gasteiger partial charge < -0.3 is 9.32 Å². The molecule has 2 aromatic heterocycles. The molecule has 2 aliphatic rings. The first-order valence-corrected chi connectivity index (χ1v) is 12.4. The standard InChI is InChI=1S/C21H24N4O3S2/c1-14-4-3-5-17(15(14)2)24-10-12-25(13-11-24)30(26,27)19-9-8-18(29-19)21-23-22-20(28-21)16-6-7-16/h3-5,8-9,16H,6-7,10-13H2,1-2H3. The lowest BCUT2D eigenvalue weighted by Gasteiger charge is -2.36. The largest absolute Gasteiger partial charge is 0.420 e. The minimum Gasteiger partial charge on any atom is -0.420 e. The van der Waals surface area contributed by atoms with Crippen LogP contribution in [0.4, 0.5) is 5.69 Å². The summed E-state index contributed by atoms with van der Waals surface area (Å²) in [5.74, 6) is 1.44. The van der Waals surface area contributed by atoms with Crippen LogP contribution in [0.5, 0.6) is 0 Å². The van der Waals surface area contributed by atoms with Crippen LogP contribution < -0.4 is 4.90 Å². The minimum absolute atomic E-state index is 0.323. The van der Waals surface area contributed by atoms with Crippen molar-refractivity contribution in [1.29, 1.82) is 0 Å². The van der Waals surface area contributed by atoms with E-state index in [4.69, 9.17) is 4.42 Å². The van der Waals surface area contributed by atoms with Gasteiger partial charge in [-0.15, -0.1) is 21.5 Å². The Kier molecular flexibility index (Phi) is 4.91. The van der Waals surface area contributed by atoms with Gasteiger partial charge in [-0.1, -0.05) is 12.1 Å². The maximum Gasteiger partial charge on any atom is 0.257 e. The van der Waals surface area contributed by atoms with E-state index in [0.717, 1.165) is 12.8 Å². The number of piperazine rings is 1. The van der Waals surface area contributed by atoms with Gasteiger partial charge in [-0.05, 0) is 56.0 Å². The Balaban J connectivity index is 1.30. The van der Waals surface area contributed by atoms with Gasteiger partial charge in [-0.3, -0.25) is 0 Å². The smallest absolute Gasteiger partial charge is 0.257 e. The molecule has 5 rings (SSSR count).